The molecule has 0 radical (unpaired) electrons. The molecule has 1 aliphatic heterocycles. The SMILES string of the molecule is NCC(=O)OC1COc2ccccc2C1. The van der Waals surface area contributed by atoms with E-state index in [1.54, 1.807) is 0 Å². The van der Waals surface area contributed by atoms with Gasteiger partial charge in [0, 0.05) is 6.42 Å². The second-order valence-corrected chi connectivity index (χ2v) is 3.44. The Morgan fingerprint density at radius 2 is 2.33 bits per heavy atom. The number of ether oxygens (including phenoxy) is 2. The van der Waals surface area contributed by atoms with Crippen LogP contribution in [0, 0.1) is 0 Å². The standard InChI is InChI=1S/C11H13NO3/c12-6-11(13)15-9-5-8-3-1-2-4-10(8)14-7-9/h1-4,9H,5-7,12H2. The van der Waals surface area contributed by atoms with E-state index in [1.165, 1.54) is 0 Å². The lowest BCUT2D eigenvalue weighted by Gasteiger charge is -2.24. The van der Waals surface area contributed by atoms with Crippen LogP contribution in [-0.4, -0.2) is 25.2 Å². The first kappa shape index (κ1) is 9.98. The number of nitrogens with two attached hydrogens (primary N) is 1. The summed E-state index contributed by atoms with van der Waals surface area (Å²) in [5.74, 6) is 0.487. The summed E-state index contributed by atoms with van der Waals surface area (Å²) in [6.45, 7) is 0.320. The molecule has 0 saturated carbocycles. The summed E-state index contributed by atoms with van der Waals surface area (Å²) >= 11 is 0. The van der Waals surface area contributed by atoms with Crippen molar-refractivity contribution in [3.63, 3.8) is 0 Å². The molecule has 0 spiro atoms. The largest absolute Gasteiger partial charge is 0.489 e. The number of carbonyl (C=O) groups excluding carboxylic acids is 1. The molecule has 2 N–H and O–H groups in total. The van der Waals surface area contributed by atoms with Gasteiger partial charge < -0.3 is 15.2 Å². The lowest BCUT2D eigenvalue weighted by atomic mass is 10.0. The van der Waals surface area contributed by atoms with Crippen LogP contribution >= 0.6 is 0 Å². The van der Waals surface area contributed by atoms with Gasteiger partial charge in [-0.05, 0) is 11.6 Å². The third kappa shape index (κ3) is 2.27. The van der Waals surface area contributed by atoms with E-state index < -0.39 is 0 Å². The molecule has 1 heterocycles. The summed E-state index contributed by atoms with van der Waals surface area (Å²) in [5.41, 5.74) is 6.24. The summed E-state index contributed by atoms with van der Waals surface area (Å²) in [6.07, 6.45) is 0.484. The monoisotopic (exact) mass is 207 g/mol. The molecule has 1 aliphatic rings. The van der Waals surface area contributed by atoms with Crippen LogP contribution in [-0.2, 0) is 16.0 Å². The predicted octanol–water partition coefficient (Wildman–Crippen LogP) is 0.492. The number of hydrogen-bond acceptors (Lipinski definition) is 4. The fraction of sp³-hybridized carbons (Fsp3) is 0.364. The molecule has 80 valence electrons. The zero-order chi connectivity index (χ0) is 10.7. The first-order valence-corrected chi connectivity index (χ1v) is 4.90. The van der Waals surface area contributed by atoms with Crippen LogP contribution in [0.3, 0.4) is 0 Å². The summed E-state index contributed by atoms with van der Waals surface area (Å²) in [7, 11) is 0. The maximum atomic E-state index is 11.0. The zero-order valence-electron chi connectivity index (χ0n) is 8.31. The van der Waals surface area contributed by atoms with Crippen molar-refractivity contribution < 1.29 is 14.3 Å². The highest BCUT2D eigenvalue weighted by Crippen LogP contribution is 2.24. The van der Waals surface area contributed by atoms with Crippen molar-refractivity contribution in [2.45, 2.75) is 12.5 Å². The van der Waals surface area contributed by atoms with Gasteiger partial charge in [0.05, 0.1) is 6.54 Å². The van der Waals surface area contributed by atoms with Crippen LogP contribution in [0.4, 0.5) is 0 Å². The van der Waals surface area contributed by atoms with E-state index in [1.807, 2.05) is 24.3 Å². The molecule has 1 unspecified atom stereocenters. The van der Waals surface area contributed by atoms with Crippen LogP contribution in [0.5, 0.6) is 5.75 Å². The van der Waals surface area contributed by atoms with Crippen LogP contribution in [0.1, 0.15) is 5.56 Å². The number of hydrogen-bond donors (Lipinski definition) is 1. The maximum Gasteiger partial charge on any atom is 0.320 e. The number of para-hydroxylation sites is 1. The lowest BCUT2D eigenvalue weighted by molar-refractivity contribution is -0.149. The normalized spacial score (nSPS) is 18.9. The molecule has 15 heavy (non-hydrogen) atoms. The third-order valence-electron chi connectivity index (χ3n) is 2.31. The van der Waals surface area contributed by atoms with Crippen molar-refractivity contribution in [1.82, 2.24) is 0 Å². The molecule has 0 amide bonds. The van der Waals surface area contributed by atoms with Gasteiger partial charge in [0.15, 0.2) is 0 Å². The second-order valence-electron chi connectivity index (χ2n) is 3.44. The molecule has 0 bridgehead atoms. The van der Waals surface area contributed by atoms with Gasteiger partial charge in [-0.1, -0.05) is 18.2 Å². The molecule has 4 nitrogen and oxygen atoms in total. The number of carbonyl (C=O) groups is 1. The molecule has 1 atom stereocenters. The lowest BCUT2D eigenvalue weighted by Crippen LogP contribution is -2.33. The number of fused-ring (bicyclic) bond motifs is 1. The Balaban J connectivity index is 2.02. The van der Waals surface area contributed by atoms with Crippen molar-refractivity contribution >= 4 is 5.97 Å². The molecule has 4 heteroatoms. The van der Waals surface area contributed by atoms with Crippen molar-refractivity contribution in [2.75, 3.05) is 13.2 Å². The summed E-state index contributed by atoms with van der Waals surface area (Å²) in [6, 6.07) is 7.74. The molecule has 2 rings (SSSR count). The van der Waals surface area contributed by atoms with Gasteiger partial charge in [0.1, 0.15) is 18.5 Å². The quantitative estimate of drug-likeness (QED) is 0.717. The molecule has 1 aromatic rings. The molecule has 1 aromatic carbocycles. The van der Waals surface area contributed by atoms with Crippen LogP contribution in [0.2, 0.25) is 0 Å². The minimum absolute atomic E-state index is 0.0852. The number of esters is 1. The molecule has 0 aliphatic carbocycles. The first-order valence-electron chi connectivity index (χ1n) is 4.90. The van der Waals surface area contributed by atoms with Crippen molar-refractivity contribution in [3.8, 4) is 5.75 Å². The minimum Gasteiger partial charge on any atom is -0.489 e. The summed E-state index contributed by atoms with van der Waals surface area (Å²) < 4.78 is 10.6. The van der Waals surface area contributed by atoms with Gasteiger partial charge in [-0.25, -0.2) is 0 Å². The van der Waals surface area contributed by atoms with Crippen molar-refractivity contribution in [3.05, 3.63) is 29.8 Å². The van der Waals surface area contributed by atoms with E-state index in [2.05, 4.69) is 0 Å². The average Bonchev–Trinajstić information content (AvgIpc) is 2.29. The Morgan fingerprint density at radius 1 is 1.53 bits per heavy atom. The van der Waals surface area contributed by atoms with Crippen LogP contribution in [0.25, 0.3) is 0 Å². The zero-order valence-corrected chi connectivity index (χ0v) is 8.31. The number of rotatable bonds is 2. The van der Waals surface area contributed by atoms with Gasteiger partial charge in [-0.15, -0.1) is 0 Å². The third-order valence-corrected chi connectivity index (χ3v) is 2.31. The molecular formula is C11H13NO3. The van der Waals surface area contributed by atoms with E-state index in [-0.39, 0.29) is 18.6 Å². The van der Waals surface area contributed by atoms with E-state index in [0.29, 0.717) is 13.0 Å². The molecule has 0 saturated heterocycles. The van der Waals surface area contributed by atoms with Gasteiger partial charge in [-0.2, -0.15) is 0 Å². The smallest absolute Gasteiger partial charge is 0.320 e. The average molecular weight is 207 g/mol. The van der Waals surface area contributed by atoms with E-state index >= 15 is 0 Å². The predicted molar refractivity (Wildman–Crippen MR) is 54.6 cm³/mol. The Labute approximate surface area is 88.0 Å². The Bertz CT molecular complexity index is 365. The van der Waals surface area contributed by atoms with Gasteiger partial charge in [0.2, 0.25) is 0 Å². The molecule has 0 aromatic heterocycles. The van der Waals surface area contributed by atoms with Gasteiger partial charge in [-0.3, -0.25) is 4.79 Å². The maximum absolute atomic E-state index is 11.0. The van der Waals surface area contributed by atoms with Crippen molar-refractivity contribution in [2.24, 2.45) is 5.73 Å². The van der Waals surface area contributed by atoms with Crippen LogP contribution in [0.15, 0.2) is 24.3 Å². The van der Waals surface area contributed by atoms with Crippen molar-refractivity contribution in [1.29, 1.82) is 0 Å². The fourth-order valence-electron chi connectivity index (χ4n) is 1.61. The highest BCUT2D eigenvalue weighted by Gasteiger charge is 2.21. The fourth-order valence-corrected chi connectivity index (χ4v) is 1.61. The molecule has 0 fully saturated rings. The second kappa shape index (κ2) is 4.31. The molecular weight excluding hydrogens is 194 g/mol. The number of benzene rings is 1. The highest BCUT2D eigenvalue weighted by atomic mass is 16.6. The van der Waals surface area contributed by atoms with Crippen LogP contribution < -0.4 is 10.5 Å². The van der Waals surface area contributed by atoms with Gasteiger partial charge >= 0.3 is 5.97 Å². The van der Waals surface area contributed by atoms with E-state index in [9.17, 15) is 4.79 Å². The topological polar surface area (TPSA) is 61.6 Å². The van der Waals surface area contributed by atoms with Gasteiger partial charge in [0.25, 0.3) is 0 Å². The van der Waals surface area contributed by atoms with E-state index in [0.717, 1.165) is 11.3 Å². The Morgan fingerprint density at radius 3 is 3.13 bits per heavy atom. The highest BCUT2D eigenvalue weighted by molar-refractivity contribution is 5.71. The van der Waals surface area contributed by atoms with E-state index in [4.69, 9.17) is 15.2 Å². The Hall–Kier alpha value is -1.55. The first-order chi connectivity index (χ1) is 7.29. The Kier molecular flexibility index (Phi) is 2.87. The summed E-state index contributed by atoms with van der Waals surface area (Å²) in [5, 5.41) is 0. The minimum atomic E-state index is -0.386. The summed E-state index contributed by atoms with van der Waals surface area (Å²) in [4.78, 5) is 11.0.